The molecule has 1 aliphatic rings. The topological polar surface area (TPSA) is 35.8 Å². The molecule has 1 saturated heterocycles. The van der Waals surface area contributed by atoms with E-state index in [2.05, 4.69) is 11.4 Å². The summed E-state index contributed by atoms with van der Waals surface area (Å²) in [7, 11) is 0. The van der Waals surface area contributed by atoms with Crippen LogP contribution in [0, 0.1) is 17.2 Å². The summed E-state index contributed by atoms with van der Waals surface area (Å²) in [5.41, 5.74) is 0. The summed E-state index contributed by atoms with van der Waals surface area (Å²) in [6.45, 7) is 2.91. The van der Waals surface area contributed by atoms with Crippen molar-refractivity contribution in [3.63, 3.8) is 0 Å². The van der Waals surface area contributed by atoms with Gasteiger partial charge in [-0.25, -0.2) is 0 Å². The number of halogens is 1. The smallest absolute Gasteiger partial charge is 0.0738 e. The van der Waals surface area contributed by atoms with E-state index in [1.165, 1.54) is 0 Å². The summed E-state index contributed by atoms with van der Waals surface area (Å²) in [4.78, 5) is 0. The van der Waals surface area contributed by atoms with Gasteiger partial charge >= 0.3 is 0 Å². The molecule has 3 heteroatoms. The molecule has 1 rings (SSSR count). The maximum atomic E-state index is 8.27. The fourth-order valence-corrected chi connectivity index (χ4v) is 0.629. The lowest BCUT2D eigenvalue weighted by atomic mass is 9.95. The Morgan fingerprint density at radius 1 is 1.75 bits per heavy atom. The number of nitrogens with zero attached hydrogens (tertiary/aromatic N) is 1. The molecule has 2 atom stereocenters. The molecule has 46 valence electrons. The Bertz CT molecular complexity index is 107. The Balaban J connectivity index is 0.000000490. The maximum Gasteiger partial charge on any atom is 0.0738 e. The molecule has 0 aromatic heterocycles. The Hall–Kier alpha value is -0.260. The molecular formula is C5H9ClN2. The SMILES string of the molecule is C[C@@H]1NC[C@@H]1C#N.Cl. The molecular weight excluding hydrogens is 124 g/mol. The minimum atomic E-state index is 0. The van der Waals surface area contributed by atoms with Crippen LogP contribution in [-0.4, -0.2) is 12.6 Å². The van der Waals surface area contributed by atoms with Crippen molar-refractivity contribution in [1.29, 1.82) is 5.26 Å². The lowest BCUT2D eigenvalue weighted by Crippen LogP contribution is -2.49. The van der Waals surface area contributed by atoms with Crippen LogP contribution < -0.4 is 5.32 Å². The van der Waals surface area contributed by atoms with Gasteiger partial charge in [-0.15, -0.1) is 12.4 Å². The van der Waals surface area contributed by atoms with Gasteiger partial charge in [0.2, 0.25) is 0 Å². The van der Waals surface area contributed by atoms with Crippen LogP contribution in [0.2, 0.25) is 0 Å². The first-order valence-corrected chi connectivity index (χ1v) is 2.47. The maximum absolute atomic E-state index is 8.27. The zero-order valence-electron chi connectivity index (χ0n) is 4.72. The summed E-state index contributed by atoms with van der Waals surface area (Å²) in [6.07, 6.45) is 0. The Labute approximate surface area is 55.3 Å². The van der Waals surface area contributed by atoms with Gasteiger partial charge in [0.05, 0.1) is 12.0 Å². The lowest BCUT2D eigenvalue weighted by Gasteiger charge is -2.29. The first-order chi connectivity index (χ1) is 3.34. The summed E-state index contributed by atoms with van der Waals surface area (Å²) >= 11 is 0. The third kappa shape index (κ3) is 1.12. The molecule has 0 unspecified atom stereocenters. The molecule has 0 aromatic rings. The van der Waals surface area contributed by atoms with Gasteiger partial charge in [-0.1, -0.05) is 0 Å². The van der Waals surface area contributed by atoms with Crippen molar-refractivity contribution in [3.8, 4) is 6.07 Å². The quantitative estimate of drug-likeness (QED) is 0.522. The normalized spacial score (nSPS) is 34.0. The zero-order chi connectivity index (χ0) is 5.28. The van der Waals surface area contributed by atoms with Crippen LogP contribution in [-0.2, 0) is 0 Å². The van der Waals surface area contributed by atoms with Gasteiger partial charge in [0, 0.05) is 12.6 Å². The average Bonchev–Trinajstić information content (AvgIpc) is 1.65. The molecule has 0 radical (unpaired) electrons. The van der Waals surface area contributed by atoms with Crippen LogP contribution in [0.25, 0.3) is 0 Å². The van der Waals surface area contributed by atoms with Crippen molar-refractivity contribution < 1.29 is 0 Å². The minimum absolute atomic E-state index is 0. The summed E-state index contributed by atoms with van der Waals surface area (Å²) in [5.74, 6) is 0.278. The zero-order valence-corrected chi connectivity index (χ0v) is 5.53. The average molecular weight is 133 g/mol. The van der Waals surface area contributed by atoms with Crippen LogP contribution in [0.4, 0.5) is 0 Å². The molecule has 0 saturated carbocycles. The second-order valence-corrected chi connectivity index (χ2v) is 1.93. The molecule has 0 aromatic carbocycles. The van der Waals surface area contributed by atoms with Gasteiger partial charge in [0.15, 0.2) is 0 Å². The molecule has 0 spiro atoms. The van der Waals surface area contributed by atoms with E-state index in [-0.39, 0.29) is 18.3 Å². The first kappa shape index (κ1) is 7.74. The van der Waals surface area contributed by atoms with Crippen molar-refractivity contribution in [2.45, 2.75) is 13.0 Å². The van der Waals surface area contributed by atoms with Gasteiger partial charge < -0.3 is 5.32 Å². The van der Waals surface area contributed by atoms with E-state index in [0.29, 0.717) is 6.04 Å². The predicted molar refractivity (Wildman–Crippen MR) is 33.8 cm³/mol. The molecule has 1 aliphatic heterocycles. The number of hydrogen-bond acceptors (Lipinski definition) is 2. The number of hydrogen-bond donors (Lipinski definition) is 1. The van der Waals surface area contributed by atoms with Crippen LogP contribution in [0.5, 0.6) is 0 Å². The fourth-order valence-electron chi connectivity index (χ4n) is 0.629. The number of nitrogens with one attached hydrogen (secondary N) is 1. The molecule has 8 heavy (non-hydrogen) atoms. The number of rotatable bonds is 0. The Kier molecular flexibility index (Phi) is 2.81. The van der Waals surface area contributed by atoms with Crippen molar-refractivity contribution in [3.05, 3.63) is 0 Å². The molecule has 0 amide bonds. The summed E-state index contributed by atoms with van der Waals surface area (Å²) < 4.78 is 0. The van der Waals surface area contributed by atoms with E-state index in [1.807, 2.05) is 6.92 Å². The second-order valence-electron chi connectivity index (χ2n) is 1.93. The highest BCUT2D eigenvalue weighted by molar-refractivity contribution is 5.85. The van der Waals surface area contributed by atoms with E-state index in [0.717, 1.165) is 6.54 Å². The number of nitriles is 1. The fraction of sp³-hybridized carbons (Fsp3) is 0.800. The standard InChI is InChI=1S/C5H8N2.ClH/c1-4-5(2-6)3-7-4;/h4-5,7H,3H2,1H3;1H/t4-,5-;/m0./s1. The van der Waals surface area contributed by atoms with E-state index in [9.17, 15) is 0 Å². The van der Waals surface area contributed by atoms with E-state index < -0.39 is 0 Å². The van der Waals surface area contributed by atoms with Gasteiger partial charge in [-0.2, -0.15) is 5.26 Å². The highest BCUT2D eigenvalue weighted by Gasteiger charge is 2.24. The second kappa shape index (κ2) is 2.91. The van der Waals surface area contributed by atoms with Crippen LogP contribution in [0.15, 0.2) is 0 Å². The van der Waals surface area contributed by atoms with Gasteiger partial charge in [-0.05, 0) is 6.92 Å². The largest absolute Gasteiger partial charge is 0.312 e. The summed E-state index contributed by atoms with van der Waals surface area (Å²) in [6, 6.07) is 2.62. The highest BCUT2D eigenvalue weighted by atomic mass is 35.5. The molecule has 1 heterocycles. The molecule has 1 fully saturated rings. The van der Waals surface area contributed by atoms with E-state index >= 15 is 0 Å². The van der Waals surface area contributed by atoms with Crippen molar-refractivity contribution in [1.82, 2.24) is 5.32 Å². The third-order valence-corrected chi connectivity index (χ3v) is 1.43. The predicted octanol–water partition coefficient (Wildman–Crippen LogP) is 0.540. The first-order valence-electron chi connectivity index (χ1n) is 2.47. The van der Waals surface area contributed by atoms with E-state index in [1.54, 1.807) is 0 Å². The third-order valence-electron chi connectivity index (χ3n) is 1.43. The molecule has 0 bridgehead atoms. The van der Waals surface area contributed by atoms with Crippen LogP contribution in [0.3, 0.4) is 0 Å². The van der Waals surface area contributed by atoms with Crippen LogP contribution >= 0.6 is 12.4 Å². The van der Waals surface area contributed by atoms with Gasteiger partial charge in [0.25, 0.3) is 0 Å². The Morgan fingerprint density at radius 3 is 2.38 bits per heavy atom. The van der Waals surface area contributed by atoms with Crippen molar-refractivity contribution in [2.75, 3.05) is 6.54 Å². The van der Waals surface area contributed by atoms with E-state index in [4.69, 9.17) is 5.26 Å². The molecule has 2 nitrogen and oxygen atoms in total. The van der Waals surface area contributed by atoms with Crippen molar-refractivity contribution >= 4 is 12.4 Å². The Morgan fingerprint density at radius 2 is 2.38 bits per heavy atom. The monoisotopic (exact) mass is 132 g/mol. The van der Waals surface area contributed by atoms with Crippen molar-refractivity contribution in [2.24, 2.45) is 5.92 Å². The van der Waals surface area contributed by atoms with Gasteiger partial charge in [0.1, 0.15) is 0 Å². The summed E-state index contributed by atoms with van der Waals surface area (Å²) in [5, 5.41) is 11.4. The minimum Gasteiger partial charge on any atom is -0.312 e. The van der Waals surface area contributed by atoms with Crippen LogP contribution in [0.1, 0.15) is 6.92 Å². The van der Waals surface area contributed by atoms with Gasteiger partial charge in [-0.3, -0.25) is 0 Å². The molecule has 0 aliphatic carbocycles. The lowest BCUT2D eigenvalue weighted by molar-refractivity contribution is 0.315. The highest BCUT2D eigenvalue weighted by Crippen LogP contribution is 2.09. The molecule has 1 N–H and O–H groups in total.